The average Bonchev–Trinajstić information content (AvgIpc) is 2.66. The van der Waals surface area contributed by atoms with E-state index in [-0.39, 0.29) is 10.7 Å². The molecular formula is C19H15BrN2O4S. The van der Waals surface area contributed by atoms with Crippen LogP contribution in [0.25, 0.3) is 6.08 Å². The molecule has 0 radical (unpaired) electrons. The maximum atomic E-state index is 13.0. The Kier molecular flexibility index (Phi) is 5.57. The number of rotatable bonds is 4. The van der Waals surface area contributed by atoms with Crippen molar-refractivity contribution in [3.8, 4) is 11.5 Å². The molecule has 6 nitrogen and oxygen atoms in total. The van der Waals surface area contributed by atoms with Crippen LogP contribution in [0.2, 0.25) is 0 Å². The highest BCUT2D eigenvalue weighted by Gasteiger charge is 2.34. The second-order valence-corrected chi connectivity index (χ2v) is 6.76. The molecule has 0 bridgehead atoms. The first-order valence-electron chi connectivity index (χ1n) is 7.84. The van der Waals surface area contributed by atoms with Gasteiger partial charge in [-0.2, -0.15) is 0 Å². The maximum absolute atomic E-state index is 13.0. The van der Waals surface area contributed by atoms with E-state index in [0.29, 0.717) is 27.2 Å². The van der Waals surface area contributed by atoms with E-state index in [4.69, 9.17) is 21.7 Å². The number of amides is 2. The Hall–Kier alpha value is -2.71. The van der Waals surface area contributed by atoms with E-state index in [2.05, 4.69) is 21.2 Å². The quantitative estimate of drug-likeness (QED) is 0.443. The number of carbonyl (C=O) groups is 2. The van der Waals surface area contributed by atoms with Crippen molar-refractivity contribution in [1.82, 2.24) is 5.32 Å². The van der Waals surface area contributed by atoms with Gasteiger partial charge in [-0.15, -0.1) is 0 Å². The lowest BCUT2D eigenvalue weighted by Gasteiger charge is -2.29. The van der Waals surface area contributed by atoms with Gasteiger partial charge in [-0.05, 0) is 52.4 Å². The molecule has 0 spiro atoms. The zero-order valence-electron chi connectivity index (χ0n) is 14.5. The number of hydrogen-bond acceptors (Lipinski definition) is 5. The minimum absolute atomic E-state index is 0.0382. The van der Waals surface area contributed by atoms with Gasteiger partial charge in [0.15, 0.2) is 5.11 Å². The number of benzene rings is 2. The SMILES string of the molecule is COc1cc(OC)c(C=C2C(=O)NC(=S)N(c3ccccc3)C2=O)cc1Br. The lowest BCUT2D eigenvalue weighted by Crippen LogP contribution is -2.54. The second-order valence-electron chi connectivity index (χ2n) is 5.52. The molecule has 0 unspecified atom stereocenters. The summed E-state index contributed by atoms with van der Waals surface area (Å²) < 4.78 is 11.3. The third-order valence-electron chi connectivity index (χ3n) is 3.92. The predicted octanol–water partition coefficient (Wildman–Crippen LogP) is 3.30. The summed E-state index contributed by atoms with van der Waals surface area (Å²) in [6.45, 7) is 0. The molecule has 27 heavy (non-hydrogen) atoms. The molecule has 1 saturated heterocycles. The van der Waals surface area contributed by atoms with Crippen molar-refractivity contribution in [3.05, 3.63) is 58.1 Å². The van der Waals surface area contributed by atoms with Gasteiger partial charge < -0.3 is 9.47 Å². The van der Waals surface area contributed by atoms with Crippen LogP contribution in [-0.2, 0) is 9.59 Å². The number of para-hydroxylation sites is 1. The standard InChI is InChI=1S/C19H15BrN2O4S/c1-25-15-10-16(26-2)14(20)9-11(15)8-13-17(23)21-19(27)22(18(13)24)12-6-4-3-5-7-12/h3-10H,1-2H3,(H,21,23,27). The first-order chi connectivity index (χ1) is 13.0. The smallest absolute Gasteiger partial charge is 0.270 e. The summed E-state index contributed by atoms with van der Waals surface area (Å²) in [7, 11) is 3.04. The minimum Gasteiger partial charge on any atom is -0.496 e. The third kappa shape index (κ3) is 3.72. The van der Waals surface area contributed by atoms with Gasteiger partial charge in [0.25, 0.3) is 11.8 Å². The summed E-state index contributed by atoms with van der Waals surface area (Å²) in [5, 5.41) is 2.59. The van der Waals surface area contributed by atoms with Crippen molar-refractivity contribution in [2.75, 3.05) is 19.1 Å². The van der Waals surface area contributed by atoms with Crippen molar-refractivity contribution in [2.24, 2.45) is 0 Å². The van der Waals surface area contributed by atoms with E-state index in [1.165, 1.54) is 25.2 Å². The van der Waals surface area contributed by atoms with Gasteiger partial charge in [-0.25, -0.2) is 0 Å². The Morgan fingerprint density at radius 1 is 1.07 bits per heavy atom. The van der Waals surface area contributed by atoms with Crippen LogP contribution in [-0.4, -0.2) is 31.1 Å². The van der Waals surface area contributed by atoms with Gasteiger partial charge >= 0.3 is 0 Å². The number of ether oxygens (including phenoxy) is 2. The summed E-state index contributed by atoms with van der Waals surface area (Å²) in [5.74, 6) is -0.0433. The fourth-order valence-electron chi connectivity index (χ4n) is 2.62. The van der Waals surface area contributed by atoms with E-state index < -0.39 is 11.8 Å². The normalized spacial score (nSPS) is 15.7. The van der Waals surface area contributed by atoms with E-state index >= 15 is 0 Å². The van der Waals surface area contributed by atoms with Gasteiger partial charge in [-0.3, -0.25) is 19.8 Å². The topological polar surface area (TPSA) is 67.9 Å². The number of nitrogens with one attached hydrogen (secondary N) is 1. The second kappa shape index (κ2) is 7.89. The fraction of sp³-hybridized carbons (Fsp3) is 0.105. The van der Waals surface area contributed by atoms with E-state index in [1.807, 2.05) is 6.07 Å². The van der Waals surface area contributed by atoms with Crippen LogP contribution < -0.4 is 19.7 Å². The predicted molar refractivity (Wildman–Crippen MR) is 110 cm³/mol. The zero-order chi connectivity index (χ0) is 19.6. The lowest BCUT2D eigenvalue weighted by atomic mass is 10.1. The summed E-state index contributed by atoms with van der Waals surface area (Å²) in [4.78, 5) is 26.7. The molecule has 2 amide bonds. The molecule has 1 N–H and O–H groups in total. The molecule has 0 saturated carbocycles. The van der Waals surface area contributed by atoms with Crippen LogP contribution in [0.4, 0.5) is 5.69 Å². The molecule has 1 fully saturated rings. The number of methoxy groups -OCH3 is 2. The number of halogens is 1. The molecule has 0 atom stereocenters. The fourth-order valence-corrected chi connectivity index (χ4v) is 3.42. The Bertz CT molecular complexity index is 960. The van der Waals surface area contributed by atoms with Crippen LogP contribution >= 0.6 is 28.1 Å². The molecule has 0 aromatic heterocycles. The Labute approximate surface area is 169 Å². The maximum Gasteiger partial charge on any atom is 0.270 e. The first-order valence-corrected chi connectivity index (χ1v) is 9.04. The highest BCUT2D eigenvalue weighted by Crippen LogP contribution is 2.34. The highest BCUT2D eigenvalue weighted by molar-refractivity contribution is 9.10. The largest absolute Gasteiger partial charge is 0.496 e. The first kappa shape index (κ1) is 19.1. The zero-order valence-corrected chi connectivity index (χ0v) is 16.9. The summed E-state index contributed by atoms with van der Waals surface area (Å²) in [5.41, 5.74) is 1.06. The van der Waals surface area contributed by atoms with Crippen molar-refractivity contribution < 1.29 is 19.1 Å². The van der Waals surface area contributed by atoms with Crippen LogP contribution in [0, 0.1) is 0 Å². The Morgan fingerprint density at radius 3 is 2.37 bits per heavy atom. The molecule has 8 heteroatoms. The van der Waals surface area contributed by atoms with Crippen molar-refractivity contribution in [3.63, 3.8) is 0 Å². The van der Waals surface area contributed by atoms with Gasteiger partial charge in [0, 0.05) is 11.6 Å². The van der Waals surface area contributed by atoms with E-state index in [1.54, 1.807) is 36.4 Å². The van der Waals surface area contributed by atoms with Gasteiger partial charge in [-0.1, -0.05) is 18.2 Å². The molecule has 138 valence electrons. The summed E-state index contributed by atoms with van der Waals surface area (Å²) >= 11 is 8.58. The molecule has 0 aliphatic carbocycles. The van der Waals surface area contributed by atoms with Gasteiger partial charge in [0.05, 0.1) is 24.4 Å². The van der Waals surface area contributed by atoms with E-state index in [0.717, 1.165) is 0 Å². The monoisotopic (exact) mass is 446 g/mol. The molecular weight excluding hydrogens is 432 g/mol. The van der Waals surface area contributed by atoms with Crippen LogP contribution in [0.1, 0.15) is 5.56 Å². The molecule has 2 aromatic carbocycles. The number of nitrogens with zero attached hydrogens (tertiary/aromatic N) is 1. The van der Waals surface area contributed by atoms with Crippen LogP contribution in [0.3, 0.4) is 0 Å². The Balaban J connectivity index is 2.07. The van der Waals surface area contributed by atoms with Gasteiger partial charge in [0.2, 0.25) is 0 Å². The Morgan fingerprint density at radius 2 is 1.74 bits per heavy atom. The van der Waals surface area contributed by atoms with Crippen molar-refractivity contribution in [1.29, 1.82) is 0 Å². The number of hydrogen-bond donors (Lipinski definition) is 1. The molecule has 1 aliphatic rings. The average molecular weight is 447 g/mol. The van der Waals surface area contributed by atoms with Crippen molar-refractivity contribution >= 4 is 56.8 Å². The van der Waals surface area contributed by atoms with Crippen LogP contribution in [0.15, 0.2) is 52.5 Å². The number of anilines is 1. The van der Waals surface area contributed by atoms with Gasteiger partial charge in [0.1, 0.15) is 17.1 Å². The molecule has 1 heterocycles. The minimum atomic E-state index is -0.564. The summed E-state index contributed by atoms with van der Waals surface area (Å²) in [6.07, 6.45) is 1.47. The molecule has 2 aromatic rings. The number of carbonyl (C=O) groups excluding carboxylic acids is 2. The lowest BCUT2D eigenvalue weighted by molar-refractivity contribution is -0.122. The third-order valence-corrected chi connectivity index (χ3v) is 4.82. The summed E-state index contributed by atoms with van der Waals surface area (Å²) in [6, 6.07) is 12.3. The highest BCUT2D eigenvalue weighted by atomic mass is 79.9. The van der Waals surface area contributed by atoms with E-state index in [9.17, 15) is 9.59 Å². The molecule has 3 rings (SSSR count). The van der Waals surface area contributed by atoms with Crippen molar-refractivity contribution in [2.45, 2.75) is 0 Å². The molecule has 1 aliphatic heterocycles. The number of thiocarbonyl (C=S) groups is 1. The van der Waals surface area contributed by atoms with Crippen LogP contribution in [0.5, 0.6) is 11.5 Å².